The Bertz CT molecular complexity index is 749. The summed E-state index contributed by atoms with van der Waals surface area (Å²) in [6, 6.07) is 8.30. The van der Waals surface area contributed by atoms with E-state index in [-0.39, 0.29) is 35.9 Å². The summed E-state index contributed by atoms with van der Waals surface area (Å²) in [4.78, 5) is 7.67. The van der Waals surface area contributed by atoms with Gasteiger partial charge in [-0.25, -0.2) is 4.98 Å². The minimum absolute atomic E-state index is 0. The first-order chi connectivity index (χ1) is 12.1. The van der Waals surface area contributed by atoms with Crippen LogP contribution in [-0.2, 0) is 24.7 Å². The second kappa shape index (κ2) is 9.72. The number of nitrogens with one attached hydrogen (secondary N) is 2. The fraction of sp³-hybridized carbons (Fsp3) is 0.444. The van der Waals surface area contributed by atoms with Crippen molar-refractivity contribution in [2.75, 3.05) is 7.05 Å². The maximum absolute atomic E-state index is 12.6. The summed E-state index contributed by atoms with van der Waals surface area (Å²) >= 11 is 0.971. The molecule has 0 saturated carbocycles. The Kier molecular flexibility index (Phi) is 8.52. The van der Waals surface area contributed by atoms with Gasteiger partial charge >= 0.3 is 6.18 Å². The molecule has 0 fully saturated rings. The molecule has 27 heavy (non-hydrogen) atoms. The second-order valence-electron chi connectivity index (χ2n) is 6.85. The Morgan fingerprint density at radius 2 is 1.67 bits per heavy atom. The van der Waals surface area contributed by atoms with Gasteiger partial charge in [-0.2, -0.15) is 13.2 Å². The Morgan fingerprint density at radius 3 is 2.15 bits per heavy atom. The summed E-state index contributed by atoms with van der Waals surface area (Å²) < 4.78 is 37.7. The van der Waals surface area contributed by atoms with Gasteiger partial charge in [0.2, 0.25) is 0 Å². The van der Waals surface area contributed by atoms with E-state index in [1.54, 1.807) is 7.05 Å². The number of hydrogen-bond acceptors (Lipinski definition) is 3. The van der Waals surface area contributed by atoms with Gasteiger partial charge in [-0.1, -0.05) is 45.0 Å². The van der Waals surface area contributed by atoms with Gasteiger partial charge in [0, 0.05) is 19.0 Å². The predicted octanol–water partition coefficient (Wildman–Crippen LogP) is 4.94. The van der Waals surface area contributed by atoms with Crippen molar-refractivity contribution in [3.8, 4) is 0 Å². The molecule has 0 saturated heterocycles. The molecule has 2 aromatic rings. The Hall–Kier alpha value is -1.36. The van der Waals surface area contributed by atoms with Crippen LogP contribution < -0.4 is 10.6 Å². The maximum Gasteiger partial charge on any atom is 0.434 e. The lowest BCUT2D eigenvalue weighted by Gasteiger charge is -2.19. The first-order valence-electron chi connectivity index (χ1n) is 8.15. The normalized spacial score (nSPS) is 12.5. The van der Waals surface area contributed by atoms with E-state index in [4.69, 9.17) is 0 Å². The number of rotatable bonds is 4. The molecule has 1 aromatic heterocycles. The molecule has 0 radical (unpaired) electrons. The van der Waals surface area contributed by atoms with E-state index in [0.29, 0.717) is 17.5 Å². The van der Waals surface area contributed by atoms with Crippen LogP contribution in [0.25, 0.3) is 0 Å². The van der Waals surface area contributed by atoms with Crippen LogP contribution >= 0.6 is 35.3 Å². The highest BCUT2D eigenvalue weighted by Crippen LogP contribution is 2.29. The molecule has 0 aliphatic carbocycles. The second-order valence-corrected chi connectivity index (χ2v) is 7.79. The number of halogens is 4. The Labute approximate surface area is 178 Å². The summed E-state index contributed by atoms with van der Waals surface area (Å²) in [5.74, 6) is 0.508. The third kappa shape index (κ3) is 7.28. The molecule has 9 heteroatoms. The summed E-state index contributed by atoms with van der Waals surface area (Å²) in [5, 5.41) is 7.49. The zero-order chi connectivity index (χ0) is 19.4. The molecule has 2 rings (SSSR count). The Morgan fingerprint density at radius 1 is 1.07 bits per heavy atom. The summed E-state index contributed by atoms with van der Waals surface area (Å²) in [6.07, 6.45) is -4.41. The van der Waals surface area contributed by atoms with Gasteiger partial charge < -0.3 is 10.6 Å². The van der Waals surface area contributed by atoms with Crippen LogP contribution in [0.5, 0.6) is 0 Å². The standard InChI is InChI=1S/C18H23F3N4S.HI/c1-17(2,3)13-7-5-12(6-8-13)9-23-16(22-4)24-10-15-25-14(11-26-15)18(19,20)21;/h5-8,11H,9-10H2,1-4H3,(H2,22,23,24);1H. The molecule has 0 bridgehead atoms. The molecule has 0 atom stereocenters. The lowest BCUT2D eigenvalue weighted by Crippen LogP contribution is -2.36. The molecule has 0 spiro atoms. The van der Waals surface area contributed by atoms with Gasteiger partial charge in [-0.05, 0) is 16.5 Å². The zero-order valence-electron chi connectivity index (χ0n) is 15.6. The van der Waals surface area contributed by atoms with Crippen molar-refractivity contribution in [3.05, 3.63) is 51.5 Å². The van der Waals surface area contributed by atoms with Crippen LogP contribution in [0.4, 0.5) is 13.2 Å². The van der Waals surface area contributed by atoms with Crippen molar-refractivity contribution < 1.29 is 13.2 Å². The van der Waals surface area contributed by atoms with Crippen molar-refractivity contribution in [1.29, 1.82) is 0 Å². The van der Waals surface area contributed by atoms with E-state index in [0.717, 1.165) is 22.3 Å². The average Bonchev–Trinajstić information content (AvgIpc) is 3.04. The van der Waals surface area contributed by atoms with Crippen LogP contribution in [-0.4, -0.2) is 18.0 Å². The zero-order valence-corrected chi connectivity index (χ0v) is 18.8. The summed E-state index contributed by atoms with van der Waals surface area (Å²) in [5.41, 5.74) is 1.59. The smallest absolute Gasteiger partial charge is 0.352 e. The summed E-state index contributed by atoms with van der Waals surface area (Å²) in [6.45, 7) is 7.23. The number of thiazole rings is 1. The van der Waals surface area contributed by atoms with Crippen LogP contribution in [0.15, 0.2) is 34.6 Å². The summed E-state index contributed by atoms with van der Waals surface area (Å²) in [7, 11) is 1.61. The molecule has 1 aromatic carbocycles. The van der Waals surface area contributed by atoms with Gasteiger partial charge in [0.15, 0.2) is 11.7 Å². The minimum atomic E-state index is -4.41. The SMILES string of the molecule is CN=C(NCc1ccc(C(C)(C)C)cc1)NCc1nc(C(F)(F)F)cs1.I. The molecule has 1 heterocycles. The first kappa shape index (κ1) is 23.7. The molecular weight excluding hydrogens is 488 g/mol. The van der Waals surface area contributed by atoms with E-state index < -0.39 is 11.9 Å². The van der Waals surface area contributed by atoms with Crippen molar-refractivity contribution in [2.24, 2.45) is 4.99 Å². The van der Waals surface area contributed by atoms with Gasteiger partial charge in [0.1, 0.15) is 5.01 Å². The van der Waals surface area contributed by atoms with Crippen molar-refractivity contribution in [1.82, 2.24) is 15.6 Å². The van der Waals surface area contributed by atoms with Crippen molar-refractivity contribution in [2.45, 2.75) is 45.5 Å². The fourth-order valence-electron chi connectivity index (χ4n) is 2.21. The molecule has 0 unspecified atom stereocenters. The molecule has 0 aliphatic rings. The first-order valence-corrected chi connectivity index (χ1v) is 9.03. The molecule has 4 nitrogen and oxygen atoms in total. The molecule has 150 valence electrons. The maximum atomic E-state index is 12.6. The third-order valence-electron chi connectivity index (χ3n) is 3.75. The molecule has 0 aliphatic heterocycles. The number of aliphatic imine (C=N–C) groups is 1. The largest absolute Gasteiger partial charge is 0.434 e. The highest BCUT2D eigenvalue weighted by Gasteiger charge is 2.33. The van der Waals surface area contributed by atoms with Gasteiger partial charge in [0.25, 0.3) is 0 Å². The fourth-order valence-corrected chi connectivity index (χ4v) is 2.95. The monoisotopic (exact) mass is 512 g/mol. The quantitative estimate of drug-likeness (QED) is 0.347. The van der Waals surface area contributed by atoms with Crippen molar-refractivity contribution in [3.63, 3.8) is 0 Å². The van der Waals surface area contributed by atoms with E-state index in [1.165, 1.54) is 5.56 Å². The van der Waals surface area contributed by atoms with Crippen molar-refractivity contribution >= 4 is 41.3 Å². The number of aromatic nitrogens is 1. The Balaban J connectivity index is 0.00000364. The molecule has 2 N–H and O–H groups in total. The average molecular weight is 512 g/mol. The minimum Gasteiger partial charge on any atom is -0.352 e. The van der Waals surface area contributed by atoms with Crippen LogP contribution in [0.2, 0.25) is 0 Å². The highest BCUT2D eigenvalue weighted by molar-refractivity contribution is 14.0. The van der Waals surface area contributed by atoms with Crippen LogP contribution in [0.1, 0.15) is 42.6 Å². The van der Waals surface area contributed by atoms with Crippen LogP contribution in [0, 0.1) is 0 Å². The van der Waals surface area contributed by atoms with E-state index in [9.17, 15) is 13.2 Å². The van der Waals surface area contributed by atoms with E-state index in [1.807, 2.05) is 0 Å². The number of hydrogen-bond donors (Lipinski definition) is 2. The number of guanidine groups is 1. The topological polar surface area (TPSA) is 49.3 Å². The number of benzene rings is 1. The van der Waals surface area contributed by atoms with Gasteiger partial charge in [-0.3, -0.25) is 4.99 Å². The van der Waals surface area contributed by atoms with Crippen LogP contribution in [0.3, 0.4) is 0 Å². The predicted molar refractivity (Wildman–Crippen MR) is 115 cm³/mol. The van der Waals surface area contributed by atoms with E-state index >= 15 is 0 Å². The van der Waals surface area contributed by atoms with E-state index in [2.05, 4.69) is 65.6 Å². The third-order valence-corrected chi connectivity index (χ3v) is 4.60. The lowest BCUT2D eigenvalue weighted by atomic mass is 9.87. The van der Waals surface area contributed by atoms with Gasteiger partial charge in [-0.15, -0.1) is 35.3 Å². The van der Waals surface area contributed by atoms with Gasteiger partial charge in [0.05, 0.1) is 6.54 Å². The highest BCUT2D eigenvalue weighted by atomic mass is 127. The molecular formula is C18H24F3IN4S. The lowest BCUT2D eigenvalue weighted by molar-refractivity contribution is -0.140. The number of alkyl halides is 3. The number of nitrogens with zero attached hydrogens (tertiary/aromatic N) is 2. The molecule has 0 amide bonds.